The van der Waals surface area contributed by atoms with E-state index in [2.05, 4.69) is 14.7 Å². The fourth-order valence-electron chi connectivity index (χ4n) is 4.23. The SMILES string of the molecule is CC.COCC(c1c[nH]c2ncc(OC)cc12)C(C)/C(F)=C\C/C=C(/NSC1C=C/C=C(C(F)(F)F)\C=C/C1)C(C)F. The Morgan fingerprint density at radius 3 is 2.62 bits per heavy atom. The fraction of sp³-hybridized carbons (Fsp3) is 0.452. The van der Waals surface area contributed by atoms with E-state index in [-0.39, 0.29) is 35.7 Å². The highest BCUT2D eigenvalue weighted by molar-refractivity contribution is 7.98. The molecule has 0 saturated heterocycles. The first kappa shape index (κ1) is 35.1. The molecule has 0 spiro atoms. The van der Waals surface area contributed by atoms with Crippen LogP contribution < -0.4 is 9.46 Å². The number of nitrogens with zero attached hydrogens (tertiary/aromatic N) is 1. The first-order valence-electron chi connectivity index (χ1n) is 13.8. The van der Waals surface area contributed by atoms with Gasteiger partial charge in [0.2, 0.25) is 0 Å². The largest absolute Gasteiger partial charge is 0.495 e. The van der Waals surface area contributed by atoms with Gasteiger partial charge in [-0.05, 0) is 49.4 Å². The Labute approximate surface area is 249 Å². The van der Waals surface area contributed by atoms with Gasteiger partial charge in [0.1, 0.15) is 17.6 Å². The number of allylic oxidation sites excluding steroid dienone is 9. The van der Waals surface area contributed by atoms with E-state index >= 15 is 4.39 Å². The zero-order chi connectivity index (χ0) is 31.3. The first-order chi connectivity index (χ1) is 20.0. The summed E-state index contributed by atoms with van der Waals surface area (Å²) in [5, 5.41) is 0.606. The van der Waals surface area contributed by atoms with Crippen LogP contribution in [0.4, 0.5) is 22.0 Å². The monoisotopic (exact) mass is 613 g/mol. The lowest BCUT2D eigenvalue weighted by Gasteiger charge is -2.22. The molecule has 1 aliphatic rings. The molecule has 2 aromatic rings. The zero-order valence-corrected chi connectivity index (χ0v) is 25.6. The van der Waals surface area contributed by atoms with Gasteiger partial charge in [0, 0.05) is 35.8 Å². The molecule has 0 amide bonds. The van der Waals surface area contributed by atoms with E-state index in [1.54, 1.807) is 45.7 Å². The van der Waals surface area contributed by atoms with Gasteiger partial charge < -0.3 is 19.2 Å². The van der Waals surface area contributed by atoms with E-state index in [9.17, 15) is 17.6 Å². The number of pyridine rings is 1. The molecule has 0 fully saturated rings. The number of methoxy groups -OCH3 is 2. The molecule has 0 saturated carbocycles. The quantitative estimate of drug-likeness (QED) is 0.185. The van der Waals surface area contributed by atoms with Crippen LogP contribution in [-0.4, -0.2) is 48.4 Å². The number of rotatable bonds is 12. The van der Waals surface area contributed by atoms with Crippen molar-refractivity contribution < 1.29 is 31.4 Å². The van der Waals surface area contributed by atoms with Crippen LogP contribution in [0.25, 0.3) is 11.0 Å². The van der Waals surface area contributed by atoms with E-state index < -0.39 is 23.8 Å². The van der Waals surface area contributed by atoms with Crippen molar-refractivity contribution in [3.8, 4) is 5.75 Å². The molecule has 3 rings (SSSR count). The maximum absolute atomic E-state index is 15.3. The Bertz CT molecular complexity index is 1280. The second kappa shape index (κ2) is 17.2. The number of H-pyrrole nitrogens is 1. The summed E-state index contributed by atoms with van der Waals surface area (Å²) >= 11 is 1.19. The van der Waals surface area contributed by atoms with Crippen molar-refractivity contribution in [3.63, 3.8) is 0 Å². The van der Waals surface area contributed by atoms with Crippen LogP contribution in [0.15, 0.2) is 78.1 Å². The average molecular weight is 614 g/mol. The number of alkyl halides is 4. The predicted molar refractivity (Wildman–Crippen MR) is 162 cm³/mol. The number of aromatic nitrogens is 2. The summed E-state index contributed by atoms with van der Waals surface area (Å²) < 4.78 is 82.0. The standard InChI is InChI=1S/C29H34F5N3O2S.C2H6/c1-18(25(17-38-3)24-16-36-28-23(24)14-21(39-4)15-35-28)26(31)12-7-13-27(19(2)30)37-40-22-10-5-8-20(9-6-11-22)29(32,33)34;1-2/h5-6,8-10,12-16,18-19,22,25,37H,7,11,17H2,1-4H3,(H,35,36);1-2H3/b9-6-,10-5?,20-8+,26-12+,27-13+;. The topological polar surface area (TPSA) is 59.2 Å². The molecular weight excluding hydrogens is 573 g/mol. The third-order valence-electron chi connectivity index (χ3n) is 6.56. The Balaban J connectivity index is 0.00000301. The molecule has 232 valence electrons. The molecule has 4 unspecified atom stereocenters. The van der Waals surface area contributed by atoms with Gasteiger partial charge in [-0.2, -0.15) is 13.2 Å². The summed E-state index contributed by atoms with van der Waals surface area (Å²) in [5.41, 5.74) is 1.04. The normalized spacial score (nSPS) is 20.4. The minimum atomic E-state index is -4.41. The van der Waals surface area contributed by atoms with Gasteiger partial charge in [0.25, 0.3) is 0 Å². The molecule has 0 bridgehead atoms. The van der Waals surface area contributed by atoms with Crippen LogP contribution >= 0.6 is 11.9 Å². The van der Waals surface area contributed by atoms with Crippen molar-refractivity contribution >= 4 is 23.0 Å². The Hall–Kier alpha value is -3.05. The van der Waals surface area contributed by atoms with Gasteiger partial charge in [0.05, 0.1) is 37.0 Å². The number of ether oxygens (including phenoxy) is 2. The summed E-state index contributed by atoms with van der Waals surface area (Å²) in [6.07, 6.45) is 7.57. The van der Waals surface area contributed by atoms with E-state index in [0.717, 1.165) is 23.1 Å². The smallest absolute Gasteiger partial charge is 0.416 e. The lowest BCUT2D eigenvalue weighted by atomic mass is 9.86. The van der Waals surface area contributed by atoms with Gasteiger partial charge in [-0.15, -0.1) is 0 Å². The molecule has 11 heteroatoms. The molecule has 0 radical (unpaired) electrons. The molecule has 5 nitrogen and oxygen atoms in total. The number of hydrogen-bond acceptors (Lipinski definition) is 5. The molecular formula is C31H40F5N3O2S. The summed E-state index contributed by atoms with van der Waals surface area (Å²) in [5.74, 6) is -0.617. The van der Waals surface area contributed by atoms with E-state index in [1.165, 1.54) is 37.1 Å². The Morgan fingerprint density at radius 2 is 1.98 bits per heavy atom. The molecule has 2 N–H and O–H groups in total. The van der Waals surface area contributed by atoms with Crippen LogP contribution in [0.5, 0.6) is 5.75 Å². The van der Waals surface area contributed by atoms with Gasteiger partial charge in [-0.1, -0.05) is 57.2 Å². The summed E-state index contributed by atoms with van der Waals surface area (Å²) in [7, 11) is 3.11. The highest BCUT2D eigenvalue weighted by Gasteiger charge is 2.31. The number of halogens is 5. The summed E-state index contributed by atoms with van der Waals surface area (Å²) in [6, 6.07) is 1.85. The van der Waals surface area contributed by atoms with Crippen LogP contribution in [0.1, 0.15) is 52.0 Å². The van der Waals surface area contributed by atoms with E-state index in [0.29, 0.717) is 17.8 Å². The molecule has 42 heavy (non-hydrogen) atoms. The molecule has 1 aliphatic carbocycles. The molecule has 0 aliphatic heterocycles. The van der Waals surface area contributed by atoms with Crippen molar-refractivity contribution in [2.45, 2.75) is 64.1 Å². The highest BCUT2D eigenvalue weighted by atomic mass is 32.2. The van der Waals surface area contributed by atoms with Crippen LogP contribution in [-0.2, 0) is 4.74 Å². The van der Waals surface area contributed by atoms with Crippen LogP contribution in [0.2, 0.25) is 0 Å². The third kappa shape index (κ3) is 10.0. The number of hydrogen-bond donors (Lipinski definition) is 2. The number of nitrogens with one attached hydrogen (secondary N) is 2. The lowest BCUT2D eigenvalue weighted by molar-refractivity contribution is -0.0882. The number of aromatic amines is 1. The minimum absolute atomic E-state index is 0.147. The first-order valence-corrected chi connectivity index (χ1v) is 14.7. The van der Waals surface area contributed by atoms with Gasteiger partial charge in [0.15, 0.2) is 0 Å². The predicted octanol–water partition coefficient (Wildman–Crippen LogP) is 9.06. The molecule has 4 atom stereocenters. The van der Waals surface area contributed by atoms with Crippen molar-refractivity contribution in [1.29, 1.82) is 0 Å². The van der Waals surface area contributed by atoms with Crippen molar-refractivity contribution in [3.05, 3.63) is 83.7 Å². The van der Waals surface area contributed by atoms with Crippen LogP contribution in [0.3, 0.4) is 0 Å². The molecule has 0 aromatic carbocycles. The van der Waals surface area contributed by atoms with E-state index in [4.69, 9.17) is 9.47 Å². The van der Waals surface area contributed by atoms with Crippen molar-refractivity contribution in [2.75, 3.05) is 20.8 Å². The van der Waals surface area contributed by atoms with Crippen LogP contribution in [0, 0.1) is 5.92 Å². The minimum Gasteiger partial charge on any atom is -0.495 e. The van der Waals surface area contributed by atoms with Crippen molar-refractivity contribution in [2.24, 2.45) is 5.92 Å². The third-order valence-corrected chi connectivity index (χ3v) is 7.57. The van der Waals surface area contributed by atoms with Crippen molar-refractivity contribution in [1.82, 2.24) is 14.7 Å². The lowest BCUT2D eigenvalue weighted by Crippen LogP contribution is -2.17. The van der Waals surface area contributed by atoms with Gasteiger partial charge in [-0.25, -0.2) is 13.8 Å². The molecule has 2 aromatic heterocycles. The Morgan fingerprint density at radius 1 is 1.24 bits per heavy atom. The average Bonchev–Trinajstić information content (AvgIpc) is 3.36. The second-order valence-corrected chi connectivity index (χ2v) is 10.4. The number of fused-ring (bicyclic) bond motifs is 1. The summed E-state index contributed by atoms with van der Waals surface area (Å²) in [6.45, 7) is 7.41. The highest BCUT2D eigenvalue weighted by Crippen LogP contribution is 2.36. The molecule has 2 heterocycles. The van der Waals surface area contributed by atoms with E-state index in [1.807, 2.05) is 19.9 Å². The Kier molecular flexibility index (Phi) is 14.4. The van der Waals surface area contributed by atoms with Gasteiger partial charge in [-0.3, -0.25) is 0 Å². The zero-order valence-electron chi connectivity index (χ0n) is 24.8. The second-order valence-electron chi connectivity index (χ2n) is 9.37. The maximum atomic E-state index is 15.3. The maximum Gasteiger partial charge on any atom is 0.416 e. The summed E-state index contributed by atoms with van der Waals surface area (Å²) in [4.78, 5) is 7.45. The van der Waals surface area contributed by atoms with Gasteiger partial charge >= 0.3 is 6.18 Å². The fourth-order valence-corrected chi connectivity index (χ4v) is 5.14.